The Morgan fingerprint density at radius 2 is 1.82 bits per heavy atom. The van der Waals surface area contributed by atoms with Crippen molar-refractivity contribution in [3.05, 3.63) is 64.8 Å². The van der Waals surface area contributed by atoms with Gasteiger partial charge in [-0.25, -0.2) is 4.79 Å². The van der Waals surface area contributed by atoms with Crippen molar-refractivity contribution in [1.82, 2.24) is 20.5 Å². The second-order valence-electron chi connectivity index (χ2n) is 10.7. The van der Waals surface area contributed by atoms with Crippen LogP contribution < -0.4 is 15.4 Å². The molecule has 1 fully saturated rings. The number of likely N-dealkylation sites (tertiary alicyclic amines) is 1. The summed E-state index contributed by atoms with van der Waals surface area (Å²) in [7, 11) is 0. The maximum atomic E-state index is 13.5. The summed E-state index contributed by atoms with van der Waals surface area (Å²) in [6.45, 7) is 5.09. The lowest BCUT2D eigenvalue weighted by atomic mass is 9.73. The third kappa shape index (κ3) is 5.78. The van der Waals surface area contributed by atoms with Crippen LogP contribution in [0.25, 0.3) is 10.9 Å². The van der Waals surface area contributed by atoms with Crippen LogP contribution >= 0.6 is 0 Å². The van der Waals surface area contributed by atoms with Gasteiger partial charge in [0.2, 0.25) is 5.91 Å². The van der Waals surface area contributed by atoms with Crippen LogP contribution in [0.3, 0.4) is 0 Å². The normalized spacial score (nSPS) is 19.0. The van der Waals surface area contributed by atoms with Crippen molar-refractivity contribution in [2.24, 2.45) is 5.41 Å². The highest BCUT2D eigenvalue weighted by Gasteiger charge is 2.41. The Hall–Kier alpha value is -3.85. The van der Waals surface area contributed by atoms with E-state index in [0.717, 1.165) is 41.3 Å². The summed E-state index contributed by atoms with van der Waals surface area (Å²) >= 11 is 0. The average molecular weight is 533 g/mol. The van der Waals surface area contributed by atoms with Crippen LogP contribution in [0.5, 0.6) is 5.75 Å². The Labute approximate surface area is 227 Å². The van der Waals surface area contributed by atoms with Crippen molar-refractivity contribution in [3.8, 4) is 5.75 Å². The highest BCUT2D eigenvalue weighted by Crippen LogP contribution is 2.38. The summed E-state index contributed by atoms with van der Waals surface area (Å²) in [5, 5.41) is 16.8. The zero-order valence-electron chi connectivity index (χ0n) is 22.3. The molecule has 9 nitrogen and oxygen atoms in total. The van der Waals surface area contributed by atoms with Crippen molar-refractivity contribution in [1.29, 1.82) is 0 Å². The van der Waals surface area contributed by atoms with Crippen molar-refractivity contribution < 1.29 is 24.2 Å². The first-order valence-electron chi connectivity index (χ1n) is 13.7. The lowest BCUT2D eigenvalue weighted by molar-refractivity contribution is -0.134. The highest BCUT2D eigenvalue weighted by atomic mass is 16.5. The summed E-state index contributed by atoms with van der Waals surface area (Å²) in [6, 6.07) is 13.1. The number of nitrogens with zero attached hydrogens (tertiary/aromatic N) is 1. The number of carbonyl (C=O) groups is 3. The molecule has 3 aromatic rings. The minimum absolute atomic E-state index is 0.0501. The average Bonchev–Trinajstić information content (AvgIpc) is 3.29. The number of amides is 2. The molecule has 39 heavy (non-hydrogen) atoms. The molecule has 0 atom stereocenters. The van der Waals surface area contributed by atoms with Crippen LogP contribution in [0.15, 0.2) is 42.5 Å². The van der Waals surface area contributed by atoms with E-state index in [1.807, 2.05) is 37.3 Å². The molecule has 1 saturated heterocycles. The zero-order valence-corrected chi connectivity index (χ0v) is 22.3. The molecule has 5 rings (SSSR count). The first kappa shape index (κ1) is 26.7. The molecular weight excluding hydrogens is 496 g/mol. The van der Waals surface area contributed by atoms with Crippen LogP contribution in [0.1, 0.15) is 64.1 Å². The number of hydrogen-bond donors (Lipinski definition) is 4. The maximum absolute atomic E-state index is 13.5. The second kappa shape index (κ2) is 11.5. The fraction of sp³-hybridized carbons (Fsp3) is 0.433. The van der Waals surface area contributed by atoms with E-state index in [9.17, 15) is 19.5 Å². The number of H-pyrrole nitrogens is 1. The van der Waals surface area contributed by atoms with Gasteiger partial charge in [0.1, 0.15) is 18.1 Å². The predicted octanol–water partition coefficient (Wildman–Crippen LogP) is 3.87. The molecule has 206 valence electrons. The number of piperidine rings is 1. The number of ether oxygens (including phenoxy) is 1. The number of fused-ring (bicyclic) bond motifs is 2. The molecule has 0 unspecified atom stereocenters. The molecule has 1 spiro atoms. The quantitative estimate of drug-likeness (QED) is 0.406. The van der Waals surface area contributed by atoms with Gasteiger partial charge in [-0.1, -0.05) is 30.2 Å². The van der Waals surface area contributed by atoms with Crippen molar-refractivity contribution >= 4 is 28.7 Å². The topological polar surface area (TPSA) is 124 Å². The number of rotatable bonds is 3. The van der Waals surface area contributed by atoms with Crippen molar-refractivity contribution in [3.63, 3.8) is 0 Å². The number of carboxylic acid groups (broad SMARTS) is 1. The highest BCUT2D eigenvalue weighted by molar-refractivity contribution is 5.98. The molecule has 0 radical (unpaired) electrons. The molecule has 3 heterocycles. The van der Waals surface area contributed by atoms with E-state index in [2.05, 4.69) is 20.5 Å². The molecule has 0 aliphatic carbocycles. The summed E-state index contributed by atoms with van der Waals surface area (Å²) in [5.41, 5.74) is 2.94. The Balaban J connectivity index is 1.27. The summed E-state index contributed by atoms with van der Waals surface area (Å²) in [6.07, 6.45) is 3.74. The van der Waals surface area contributed by atoms with E-state index in [0.29, 0.717) is 56.9 Å². The third-order valence-corrected chi connectivity index (χ3v) is 8.10. The molecule has 2 aliphatic rings. The van der Waals surface area contributed by atoms with Gasteiger partial charge in [0.05, 0.1) is 17.5 Å². The van der Waals surface area contributed by atoms with Gasteiger partial charge in [-0.3, -0.25) is 14.5 Å². The van der Waals surface area contributed by atoms with Gasteiger partial charge in [0, 0.05) is 29.6 Å². The fourth-order valence-electron chi connectivity index (χ4n) is 5.84. The number of aryl methyl sites for hydroxylation is 1. The molecule has 0 bridgehead atoms. The van der Waals surface area contributed by atoms with Crippen LogP contribution in [-0.2, 0) is 11.3 Å². The number of carbonyl (C=O) groups excluding carboxylic acids is 2. The third-order valence-electron chi connectivity index (χ3n) is 8.10. The molecule has 0 saturated carbocycles. The van der Waals surface area contributed by atoms with Crippen molar-refractivity contribution in [2.75, 3.05) is 32.8 Å². The molecule has 9 heteroatoms. The first-order chi connectivity index (χ1) is 18.9. The standard InChI is InChI=1S/C30H36N4O5/c1-20-8-9-24-22(18-20)23(26(33-24)28(36)37)19-34-15-11-30(12-16-34)10-4-5-13-31-27(35)21-6-2-3-7-25(21)39-17-14-32-29(30)38/h2-3,6-9,18,33H,4-5,10-17,19H2,1H3,(H,31,35)(H,32,38)(H,36,37). The minimum Gasteiger partial charge on any atom is -0.491 e. The van der Waals surface area contributed by atoms with Gasteiger partial charge in [-0.15, -0.1) is 0 Å². The Morgan fingerprint density at radius 1 is 1.03 bits per heavy atom. The monoisotopic (exact) mass is 532 g/mol. The number of aromatic nitrogens is 1. The minimum atomic E-state index is -0.963. The van der Waals surface area contributed by atoms with Crippen LogP contribution in [0.2, 0.25) is 0 Å². The zero-order chi connectivity index (χ0) is 27.4. The Kier molecular flexibility index (Phi) is 7.88. The SMILES string of the molecule is Cc1ccc2[nH]c(C(=O)O)c(CN3CCC4(CCCCNC(=O)c5ccccc5OCCNC4=O)CC3)c2c1. The smallest absolute Gasteiger partial charge is 0.352 e. The van der Waals surface area contributed by atoms with E-state index < -0.39 is 11.4 Å². The first-order valence-corrected chi connectivity index (χ1v) is 13.7. The number of nitrogens with one attached hydrogen (secondary N) is 3. The van der Waals surface area contributed by atoms with Crippen molar-refractivity contribution in [2.45, 2.75) is 45.6 Å². The van der Waals surface area contributed by atoms with E-state index >= 15 is 0 Å². The van der Waals surface area contributed by atoms with E-state index in [1.54, 1.807) is 12.1 Å². The largest absolute Gasteiger partial charge is 0.491 e. The molecule has 2 aliphatic heterocycles. The summed E-state index contributed by atoms with van der Waals surface area (Å²) in [5.74, 6) is -0.552. The van der Waals surface area contributed by atoms with Crippen LogP contribution in [0, 0.1) is 12.3 Å². The number of benzene rings is 2. The lowest BCUT2D eigenvalue weighted by Crippen LogP contribution is -2.49. The number of para-hydroxylation sites is 1. The molecule has 4 N–H and O–H groups in total. The number of aromatic amines is 1. The molecule has 2 aromatic carbocycles. The second-order valence-corrected chi connectivity index (χ2v) is 10.7. The Morgan fingerprint density at radius 3 is 2.62 bits per heavy atom. The van der Waals surface area contributed by atoms with Gasteiger partial charge in [0.25, 0.3) is 5.91 Å². The van der Waals surface area contributed by atoms with Gasteiger partial charge >= 0.3 is 5.97 Å². The van der Waals surface area contributed by atoms with E-state index in [1.165, 1.54) is 0 Å². The lowest BCUT2D eigenvalue weighted by Gasteiger charge is -2.41. The van der Waals surface area contributed by atoms with Gasteiger partial charge in [0.15, 0.2) is 0 Å². The van der Waals surface area contributed by atoms with Gasteiger partial charge in [-0.05, 0) is 70.0 Å². The van der Waals surface area contributed by atoms with Gasteiger partial charge in [-0.2, -0.15) is 0 Å². The number of carboxylic acids is 1. The molecule has 2 amide bonds. The summed E-state index contributed by atoms with van der Waals surface area (Å²) in [4.78, 5) is 43.5. The van der Waals surface area contributed by atoms with E-state index in [-0.39, 0.29) is 24.1 Å². The number of hydrogen-bond acceptors (Lipinski definition) is 5. The predicted molar refractivity (Wildman–Crippen MR) is 148 cm³/mol. The number of aromatic carboxylic acids is 1. The molecular formula is C30H36N4O5. The van der Waals surface area contributed by atoms with E-state index in [4.69, 9.17) is 4.74 Å². The summed E-state index contributed by atoms with van der Waals surface area (Å²) < 4.78 is 5.84. The Bertz CT molecular complexity index is 1370. The van der Waals surface area contributed by atoms with Crippen LogP contribution in [-0.4, -0.2) is 65.6 Å². The van der Waals surface area contributed by atoms with Crippen LogP contribution in [0.4, 0.5) is 0 Å². The fourth-order valence-corrected chi connectivity index (χ4v) is 5.84. The van der Waals surface area contributed by atoms with Gasteiger partial charge < -0.3 is 25.5 Å². The molecule has 1 aromatic heterocycles. The maximum Gasteiger partial charge on any atom is 0.352 e.